The van der Waals surface area contributed by atoms with Crippen molar-refractivity contribution < 1.29 is 56.5 Å². The fourth-order valence-electron chi connectivity index (χ4n) is 0.117. The first-order valence-corrected chi connectivity index (χ1v) is 3.44. The third-order valence-corrected chi connectivity index (χ3v) is 1.03. The van der Waals surface area contributed by atoms with Crippen molar-refractivity contribution in [3.05, 3.63) is 0 Å². The molecule has 0 fully saturated rings. The summed E-state index contributed by atoms with van der Waals surface area (Å²) in [6.45, 7) is 0. The molecule has 4 nitrogen and oxygen atoms in total. The van der Waals surface area contributed by atoms with Crippen LogP contribution in [0.25, 0.3) is 0 Å². The van der Waals surface area contributed by atoms with Crippen LogP contribution in [0.4, 0.5) is 0 Å². The van der Waals surface area contributed by atoms with Gasteiger partial charge in [0.1, 0.15) is 0 Å². The van der Waals surface area contributed by atoms with Crippen LogP contribution in [0.5, 0.6) is 0 Å². The molecular formula is C2H4KN3OS3. The van der Waals surface area contributed by atoms with Gasteiger partial charge in [0, 0.05) is 4.38 Å². The van der Waals surface area contributed by atoms with E-state index < -0.39 is 4.38 Å². The van der Waals surface area contributed by atoms with Gasteiger partial charge in [0.2, 0.25) is 0 Å². The van der Waals surface area contributed by atoms with Gasteiger partial charge in [-0.15, -0.1) is 0 Å². The van der Waals surface area contributed by atoms with E-state index in [2.05, 4.69) is 34.7 Å². The minimum absolute atomic E-state index is 0. The average molecular weight is 221 g/mol. The summed E-state index contributed by atoms with van der Waals surface area (Å²) in [4.78, 5) is 2.33. The smallest absolute Gasteiger partial charge is 0.859 e. The van der Waals surface area contributed by atoms with Crippen LogP contribution >= 0.6 is 36.4 Å². The number of nitrogens with two attached hydrogens (primary N) is 1. The molecule has 0 aromatic heterocycles. The first-order chi connectivity index (χ1) is 4.13. The van der Waals surface area contributed by atoms with Crippen LogP contribution < -0.4 is 72.5 Å². The molecule has 0 heterocycles. The molecule has 0 aromatic rings. The Morgan fingerprint density at radius 1 is 1.50 bits per heavy atom. The third kappa shape index (κ3) is 12.2. The second-order valence-electron chi connectivity index (χ2n) is 0.943. The summed E-state index contributed by atoms with van der Waals surface area (Å²) in [7, 11) is 0. The Bertz CT molecular complexity index is 117. The van der Waals surface area contributed by atoms with Crippen LogP contribution in [-0.4, -0.2) is 9.50 Å². The normalized spacial score (nSPS) is 7.60. The van der Waals surface area contributed by atoms with E-state index in [-0.39, 0.29) is 56.5 Å². The Hall–Kier alpha value is 1.53. The van der Waals surface area contributed by atoms with Crippen molar-refractivity contribution in [3.8, 4) is 0 Å². The van der Waals surface area contributed by atoms with Crippen LogP contribution in [0.1, 0.15) is 0 Å². The zero-order chi connectivity index (χ0) is 7.28. The second kappa shape index (κ2) is 8.62. The van der Waals surface area contributed by atoms with Crippen LogP contribution in [0.2, 0.25) is 0 Å². The number of thiocarbonyl (C=S) groups is 2. The van der Waals surface area contributed by atoms with Crippen molar-refractivity contribution in [1.82, 2.24) is 10.3 Å². The fourth-order valence-corrected chi connectivity index (χ4v) is 0.602. The SMILES string of the molecule is NC(=S)NNSC([O-])=S.[K+]. The molecule has 8 heteroatoms. The molecule has 52 valence electrons. The molecule has 0 spiro atoms. The van der Waals surface area contributed by atoms with Gasteiger partial charge >= 0.3 is 51.4 Å². The van der Waals surface area contributed by atoms with E-state index in [4.69, 9.17) is 5.73 Å². The molecule has 0 atom stereocenters. The Balaban J connectivity index is 0. The van der Waals surface area contributed by atoms with Gasteiger partial charge in [-0.2, -0.15) is 4.83 Å². The van der Waals surface area contributed by atoms with Crippen molar-refractivity contribution in [2.24, 2.45) is 5.73 Å². The fraction of sp³-hybridized carbons (Fsp3) is 0. The Kier molecular flexibility index (Phi) is 12.1. The summed E-state index contributed by atoms with van der Waals surface area (Å²) >= 11 is 9.27. The van der Waals surface area contributed by atoms with Crippen molar-refractivity contribution in [2.75, 3.05) is 0 Å². The quantitative estimate of drug-likeness (QED) is 0.188. The van der Waals surface area contributed by atoms with Gasteiger partial charge in [-0.1, -0.05) is 12.2 Å². The molecule has 0 aliphatic rings. The monoisotopic (exact) mass is 221 g/mol. The predicted octanol–water partition coefficient (Wildman–Crippen LogP) is -4.38. The molecule has 0 aliphatic carbocycles. The summed E-state index contributed by atoms with van der Waals surface area (Å²) < 4.78 is -0.473. The van der Waals surface area contributed by atoms with Gasteiger partial charge in [-0.3, -0.25) is 5.43 Å². The van der Waals surface area contributed by atoms with Gasteiger partial charge in [0.15, 0.2) is 5.11 Å². The zero-order valence-corrected chi connectivity index (χ0v) is 10.8. The molecule has 0 saturated carbocycles. The Morgan fingerprint density at radius 3 is 2.30 bits per heavy atom. The van der Waals surface area contributed by atoms with Crippen LogP contribution in [0, 0.1) is 0 Å². The molecule has 0 radical (unpaired) electrons. The van der Waals surface area contributed by atoms with Gasteiger partial charge in [0.05, 0.1) is 0 Å². The maximum atomic E-state index is 10.0. The van der Waals surface area contributed by atoms with Crippen molar-refractivity contribution >= 4 is 45.9 Å². The molecule has 0 unspecified atom stereocenters. The van der Waals surface area contributed by atoms with Crippen LogP contribution in [-0.2, 0) is 0 Å². The molecule has 10 heavy (non-hydrogen) atoms. The summed E-state index contributed by atoms with van der Waals surface area (Å²) in [6, 6.07) is 0. The van der Waals surface area contributed by atoms with Gasteiger partial charge in [-0.05, 0) is 24.2 Å². The largest absolute Gasteiger partial charge is 1.00 e. The van der Waals surface area contributed by atoms with Gasteiger partial charge < -0.3 is 10.8 Å². The molecule has 4 N–H and O–H groups in total. The van der Waals surface area contributed by atoms with Crippen molar-refractivity contribution in [3.63, 3.8) is 0 Å². The molecule has 0 aromatic carbocycles. The number of hydrazine groups is 1. The van der Waals surface area contributed by atoms with E-state index in [0.717, 1.165) is 0 Å². The summed E-state index contributed by atoms with van der Waals surface area (Å²) in [6.07, 6.45) is 0. The summed E-state index contributed by atoms with van der Waals surface area (Å²) in [5, 5.41) is 10.1. The predicted molar refractivity (Wildman–Crippen MR) is 43.2 cm³/mol. The van der Waals surface area contributed by atoms with E-state index in [9.17, 15) is 5.11 Å². The Morgan fingerprint density at radius 2 is 2.00 bits per heavy atom. The van der Waals surface area contributed by atoms with E-state index in [0.29, 0.717) is 11.9 Å². The maximum Gasteiger partial charge on any atom is 1.00 e. The zero-order valence-electron chi connectivity index (χ0n) is 5.21. The van der Waals surface area contributed by atoms with Gasteiger partial charge in [-0.25, -0.2) is 0 Å². The number of hydrogen-bond donors (Lipinski definition) is 3. The molecule has 0 rings (SSSR count). The van der Waals surface area contributed by atoms with Gasteiger partial charge in [0.25, 0.3) is 0 Å². The van der Waals surface area contributed by atoms with E-state index >= 15 is 0 Å². The van der Waals surface area contributed by atoms with Crippen molar-refractivity contribution in [2.45, 2.75) is 0 Å². The second-order valence-corrected chi connectivity index (χ2v) is 2.79. The van der Waals surface area contributed by atoms with E-state index in [1.807, 2.05) is 0 Å². The van der Waals surface area contributed by atoms with Crippen molar-refractivity contribution in [1.29, 1.82) is 0 Å². The topological polar surface area (TPSA) is 73.1 Å². The maximum absolute atomic E-state index is 10.0. The minimum atomic E-state index is -0.473. The molecule has 0 bridgehead atoms. The average Bonchev–Trinajstić information content (AvgIpc) is 1.63. The first kappa shape index (κ1) is 14.1. The standard InChI is InChI=1S/C2H5N3OS3.K/c3-1(7)4-5-9-2(6)8;/h5H,(H,6,8)(H3,3,4,7);/q;+1/p-1. The number of hydrogen-bond acceptors (Lipinski definition) is 5. The summed E-state index contributed by atoms with van der Waals surface area (Å²) in [5.74, 6) is 0. The van der Waals surface area contributed by atoms with Crippen LogP contribution in [0.3, 0.4) is 0 Å². The molecule has 0 saturated heterocycles. The van der Waals surface area contributed by atoms with Crippen LogP contribution in [0.15, 0.2) is 0 Å². The third-order valence-electron chi connectivity index (χ3n) is 0.309. The number of rotatable bonds is 2. The van der Waals surface area contributed by atoms with E-state index in [1.165, 1.54) is 0 Å². The molecular weight excluding hydrogens is 217 g/mol. The summed E-state index contributed by atoms with van der Waals surface area (Å²) in [5.41, 5.74) is 7.29. The van der Waals surface area contributed by atoms with E-state index in [1.54, 1.807) is 0 Å². The molecule has 0 amide bonds. The minimum Gasteiger partial charge on any atom is -0.859 e. The Labute approximate surface area is 116 Å². The number of nitrogens with one attached hydrogen (secondary N) is 2. The molecule has 0 aliphatic heterocycles. The first-order valence-electron chi connectivity index (χ1n) is 1.81.